The van der Waals surface area contributed by atoms with E-state index in [4.69, 9.17) is 18.9 Å². The van der Waals surface area contributed by atoms with Gasteiger partial charge in [0.15, 0.2) is 17.3 Å². The van der Waals surface area contributed by atoms with Crippen LogP contribution in [0.1, 0.15) is 32.6 Å². The van der Waals surface area contributed by atoms with Gasteiger partial charge in [0.05, 0.1) is 7.11 Å². The number of methoxy groups -OCH3 is 1. The van der Waals surface area contributed by atoms with Crippen LogP contribution in [0.5, 0.6) is 23.0 Å². The number of hydrogen-bond acceptors (Lipinski definition) is 5. The van der Waals surface area contributed by atoms with Crippen LogP contribution < -0.4 is 18.9 Å². The maximum atomic E-state index is 13.2. The first-order chi connectivity index (χ1) is 20.7. The number of carbonyl (C=O) groups is 1. The molecule has 42 heavy (non-hydrogen) atoms. The Balaban J connectivity index is 1.30. The summed E-state index contributed by atoms with van der Waals surface area (Å²) in [4.78, 5) is 13.2. The molecule has 0 aliphatic rings. The van der Waals surface area contributed by atoms with Crippen molar-refractivity contribution >= 4 is 11.9 Å². The van der Waals surface area contributed by atoms with Gasteiger partial charge < -0.3 is 18.9 Å². The van der Waals surface area contributed by atoms with Crippen LogP contribution in [0.25, 0.3) is 6.08 Å². The Bertz CT molecular complexity index is 1610. The third-order valence-electron chi connectivity index (χ3n) is 6.57. The van der Waals surface area contributed by atoms with Crippen LogP contribution in [0.15, 0.2) is 133 Å². The summed E-state index contributed by atoms with van der Waals surface area (Å²) >= 11 is 0. The van der Waals surface area contributed by atoms with Crippen LogP contribution in [0.2, 0.25) is 0 Å². The molecular formula is C37H32O5. The summed E-state index contributed by atoms with van der Waals surface area (Å²) < 4.78 is 23.7. The summed E-state index contributed by atoms with van der Waals surface area (Å²) in [5, 5.41) is 0. The van der Waals surface area contributed by atoms with Gasteiger partial charge in [0.1, 0.15) is 31.3 Å². The normalized spacial score (nSPS) is 10.8. The predicted molar refractivity (Wildman–Crippen MR) is 165 cm³/mol. The van der Waals surface area contributed by atoms with E-state index in [1.807, 2.05) is 109 Å². The molecule has 5 aromatic rings. The predicted octanol–water partition coefficient (Wildman–Crippen LogP) is 8.33. The van der Waals surface area contributed by atoms with Gasteiger partial charge in [-0.3, -0.25) is 4.79 Å². The van der Waals surface area contributed by atoms with E-state index in [1.165, 1.54) is 6.08 Å². The lowest BCUT2D eigenvalue weighted by molar-refractivity contribution is 0.104. The lowest BCUT2D eigenvalue weighted by atomic mass is 10.1. The van der Waals surface area contributed by atoms with E-state index in [0.29, 0.717) is 48.4 Å². The molecule has 0 saturated carbocycles. The number of ether oxygens (including phenoxy) is 4. The molecule has 0 bridgehead atoms. The molecule has 0 heterocycles. The first-order valence-corrected chi connectivity index (χ1v) is 13.7. The fraction of sp³-hybridized carbons (Fsp3) is 0.108. The Hall–Kier alpha value is -5.29. The van der Waals surface area contributed by atoms with Gasteiger partial charge in [-0.1, -0.05) is 91.0 Å². The smallest absolute Gasteiger partial charge is 0.185 e. The second-order valence-corrected chi connectivity index (χ2v) is 9.59. The first kappa shape index (κ1) is 28.2. The molecule has 0 aliphatic carbocycles. The Morgan fingerprint density at radius 1 is 0.571 bits per heavy atom. The SMILES string of the molecule is COc1cc(OCc2ccccc2)ccc1/C=C/C(=O)c1ccc(OCc2ccccc2)c(OCc2ccccc2)c1. The minimum absolute atomic E-state index is 0.166. The molecule has 0 unspecified atom stereocenters. The molecule has 0 amide bonds. The number of carbonyl (C=O) groups excluding carboxylic acids is 1. The van der Waals surface area contributed by atoms with Crippen molar-refractivity contribution in [2.45, 2.75) is 19.8 Å². The van der Waals surface area contributed by atoms with E-state index in [9.17, 15) is 4.79 Å². The van der Waals surface area contributed by atoms with Crippen molar-refractivity contribution in [2.24, 2.45) is 0 Å². The van der Waals surface area contributed by atoms with Crippen LogP contribution in [0, 0.1) is 0 Å². The van der Waals surface area contributed by atoms with Gasteiger partial charge >= 0.3 is 0 Å². The lowest BCUT2D eigenvalue weighted by Gasteiger charge is -2.14. The summed E-state index contributed by atoms with van der Waals surface area (Å²) in [5.74, 6) is 2.21. The standard InChI is InChI=1S/C37H32O5/c1-39-36-24-33(40-25-28-11-5-2-6-12-28)20-17-31(36)18-21-34(38)32-19-22-35(41-26-29-13-7-3-8-14-29)37(23-32)42-27-30-15-9-4-10-16-30/h2-24H,25-27H2,1H3/b21-18+. The van der Waals surface area contributed by atoms with Gasteiger partial charge in [0.25, 0.3) is 0 Å². The van der Waals surface area contributed by atoms with Crippen molar-refractivity contribution in [1.29, 1.82) is 0 Å². The van der Waals surface area contributed by atoms with Crippen LogP contribution in [-0.2, 0) is 19.8 Å². The van der Waals surface area contributed by atoms with E-state index in [0.717, 1.165) is 22.3 Å². The van der Waals surface area contributed by atoms with E-state index < -0.39 is 0 Å². The number of ketones is 1. The van der Waals surface area contributed by atoms with Gasteiger partial charge in [0.2, 0.25) is 0 Å². The molecule has 0 fully saturated rings. The molecule has 5 aromatic carbocycles. The molecule has 0 aliphatic heterocycles. The molecule has 0 radical (unpaired) electrons. The molecule has 0 aromatic heterocycles. The largest absolute Gasteiger partial charge is 0.496 e. The van der Waals surface area contributed by atoms with Gasteiger partial charge in [-0.05, 0) is 59.2 Å². The van der Waals surface area contributed by atoms with Gasteiger partial charge in [-0.2, -0.15) is 0 Å². The van der Waals surface area contributed by atoms with Crippen molar-refractivity contribution in [2.75, 3.05) is 7.11 Å². The van der Waals surface area contributed by atoms with Crippen LogP contribution in [-0.4, -0.2) is 12.9 Å². The molecule has 5 heteroatoms. The molecule has 0 spiro atoms. The Morgan fingerprint density at radius 2 is 1.12 bits per heavy atom. The highest BCUT2D eigenvalue weighted by atomic mass is 16.5. The number of allylic oxidation sites excluding steroid dienone is 1. The Morgan fingerprint density at radius 3 is 1.69 bits per heavy atom. The minimum atomic E-state index is -0.166. The van der Waals surface area contributed by atoms with Crippen molar-refractivity contribution < 1.29 is 23.7 Å². The number of rotatable bonds is 13. The highest BCUT2D eigenvalue weighted by molar-refractivity contribution is 6.07. The molecule has 0 N–H and O–H groups in total. The minimum Gasteiger partial charge on any atom is -0.496 e. The zero-order chi connectivity index (χ0) is 29.0. The second-order valence-electron chi connectivity index (χ2n) is 9.59. The third-order valence-corrected chi connectivity index (χ3v) is 6.57. The average molecular weight is 557 g/mol. The highest BCUT2D eigenvalue weighted by Crippen LogP contribution is 2.31. The topological polar surface area (TPSA) is 54.0 Å². The Kier molecular flexibility index (Phi) is 9.67. The molecule has 0 saturated heterocycles. The molecular weight excluding hydrogens is 524 g/mol. The third kappa shape index (κ3) is 7.89. The quantitative estimate of drug-likeness (QED) is 0.108. The molecule has 5 rings (SSSR count). The lowest BCUT2D eigenvalue weighted by Crippen LogP contribution is -2.03. The first-order valence-electron chi connectivity index (χ1n) is 13.7. The number of hydrogen-bond donors (Lipinski definition) is 0. The van der Waals surface area contributed by atoms with Crippen molar-refractivity contribution in [1.82, 2.24) is 0 Å². The van der Waals surface area contributed by atoms with Crippen molar-refractivity contribution in [3.8, 4) is 23.0 Å². The molecule has 0 atom stereocenters. The summed E-state index contributed by atoms with van der Waals surface area (Å²) in [6, 6.07) is 40.6. The van der Waals surface area contributed by atoms with Gasteiger partial charge in [-0.25, -0.2) is 0 Å². The number of benzene rings is 5. The fourth-order valence-electron chi connectivity index (χ4n) is 4.29. The molecule has 5 nitrogen and oxygen atoms in total. The zero-order valence-corrected chi connectivity index (χ0v) is 23.4. The summed E-state index contributed by atoms with van der Waals surface area (Å²) in [5.41, 5.74) is 4.39. The average Bonchev–Trinajstić information content (AvgIpc) is 3.06. The summed E-state index contributed by atoms with van der Waals surface area (Å²) in [6.45, 7) is 1.20. The van der Waals surface area contributed by atoms with Crippen molar-refractivity contribution in [3.05, 3.63) is 161 Å². The van der Waals surface area contributed by atoms with Gasteiger partial charge in [-0.15, -0.1) is 0 Å². The van der Waals surface area contributed by atoms with Crippen molar-refractivity contribution in [3.63, 3.8) is 0 Å². The van der Waals surface area contributed by atoms with Crippen LogP contribution in [0.4, 0.5) is 0 Å². The zero-order valence-electron chi connectivity index (χ0n) is 23.4. The van der Waals surface area contributed by atoms with E-state index in [2.05, 4.69) is 0 Å². The van der Waals surface area contributed by atoms with E-state index in [-0.39, 0.29) is 5.78 Å². The monoisotopic (exact) mass is 556 g/mol. The van der Waals surface area contributed by atoms with E-state index >= 15 is 0 Å². The second kappa shape index (κ2) is 14.4. The molecule has 210 valence electrons. The van der Waals surface area contributed by atoms with Crippen LogP contribution in [0.3, 0.4) is 0 Å². The van der Waals surface area contributed by atoms with Crippen LogP contribution >= 0.6 is 0 Å². The van der Waals surface area contributed by atoms with Gasteiger partial charge in [0, 0.05) is 17.2 Å². The highest BCUT2D eigenvalue weighted by Gasteiger charge is 2.12. The summed E-state index contributed by atoms with van der Waals surface area (Å²) in [7, 11) is 1.60. The maximum absolute atomic E-state index is 13.2. The van der Waals surface area contributed by atoms with E-state index in [1.54, 1.807) is 31.4 Å². The fourth-order valence-corrected chi connectivity index (χ4v) is 4.29. The maximum Gasteiger partial charge on any atom is 0.185 e. The Labute approximate surface area is 246 Å². The summed E-state index contributed by atoms with van der Waals surface area (Å²) in [6.07, 6.45) is 3.27.